The SMILES string of the molecule is Oc1cccc(NC2CCCNCC2)c1. The minimum atomic E-state index is 0.326. The molecule has 1 atom stereocenters. The Balaban J connectivity index is 1.95. The minimum absolute atomic E-state index is 0.326. The van der Waals surface area contributed by atoms with E-state index in [0.29, 0.717) is 11.8 Å². The summed E-state index contributed by atoms with van der Waals surface area (Å²) in [6.45, 7) is 2.20. The molecule has 1 heterocycles. The largest absolute Gasteiger partial charge is 0.508 e. The number of anilines is 1. The van der Waals surface area contributed by atoms with Crippen molar-refractivity contribution < 1.29 is 5.11 Å². The molecule has 1 aliphatic heterocycles. The van der Waals surface area contributed by atoms with Crippen LogP contribution < -0.4 is 10.6 Å². The number of benzene rings is 1. The van der Waals surface area contributed by atoms with Crippen molar-refractivity contribution in [3.63, 3.8) is 0 Å². The summed E-state index contributed by atoms with van der Waals surface area (Å²) < 4.78 is 0. The van der Waals surface area contributed by atoms with Gasteiger partial charge in [0.2, 0.25) is 0 Å². The maximum atomic E-state index is 9.35. The van der Waals surface area contributed by atoms with Gasteiger partial charge in [0.1, 0.15) is 5.75 Å². The molecular formula is C12H18N2O. The van der Waals surface area contributed by atoms with Gasteiger partial charge in [0.15, 0.2) is 0 Å². The van der Waals surface area contributed by atoms with Gasteiger partial charge in [0, 0.05) is 17.8 Å². The van der Waals surface area contributed by atoms with Crippen LogP contribution in [0.15, 0.2) is 24.3 Å². The maximum absolute atomic E-state index is 9.35. The van der Waals surface area contributed by atoms with Gasteiger partial charge in [0.25, 0.3) is 0 Å². The number of hydrogen-bond donors (Lipinski definition) is 3. The average Bonchev–Trinajstić information content (AvgIpc) is 2.46. The summed E-state index contributed by atoms with van der Waals surface area (Å²) in [6.07, 6.45) is 3.56. The van der Waals surface area contributed by atoms with E-state index in [0.717, 1.165) is 25.2 Å². The molecule has 1 saturated heterocycles. The van der Waals surface area contributed by atoms with Gasteiger partial charge in [-0.3, -0.25) is 0 Å². The molecule has 0 radical (unpaired) electrons. The molecule has 0 aliphatic carbocycles. The van der Waals surface area contributed by atoms with E-state index in [2.05, 4.69) is 10.6 Å². The zero-order valence-corrected chi connectivity index (χ0v) is 8.87. The van der Waals surface area contributed by atoms with Crippen molar-refractivity contribution in [3.8, 4) is 5.75 Å². The quantitative estimate of drug-likeness (QED) is 0.693. The highest BCUT2D eigenvalue weighted by Crippen LogP contribution is 2.18. The second-order valence-corrected chi connectivity index (χ2v) is 4.07. The van der Waals surface area contributed by atoms with Crippen LogP contribution in [0.25, 0.3) is 0 Å². The van der Waals surface area contributed by atoms with Crippen LogP contribution in [-0.2, 0) is 0 Å². The first-order valence-electron chi connectivity index (χ1n) is 5.61. The summed E-state index contributed by atoms with van der Waals surface area (Å²) in [4.78, 5) is 0. The van der Waals surface area contributed by atoms with Crippen molar-refractivity contribution in [3.05, 3.63) is 24.3 Å². The Morgan fingerprint density at radius 2 is 2.20 bits per heavy atom. The van der Waals surface area contributed by atoms with Gasteiger partial charge in [-0.25, -0.2) is 0 Å². The molecule has 0 amide bonds. The number of rotatable bonds is 2. The van der Waals surface area contributed by atoms with Crippen LogP contribution in [0.4, 0.5) is 5.69 Å². The number of hydrogen-bond acceptors (Lipinski definition) is 3. The summed E-state index contributed by atoms with van der Waals surface area (Å²) in [5, 5.41) is 16.2. The molecule has 1 aromatic carbocycles. The highest BCUT2D eigenvalue weighted by Gasteiger charge is 2.11. The Kier molecular flexibility index (Phi) is 3.45. The van der Waals surface area contributed by atoms with Crippen molar-refractivity contribution in [2.24, 2.45) is 0 Å². The third kappa shape index (κ3) is 3.13. The number of phenolic OH excluding ortho intramolecular Hbond substituents is 1. The van der Waals surface area contributed by atoms with E-state index in [4.69, 9.17) is 0 Å². The summed E-state index contributed by atoms with van der Waals surface area (Å²) in [6, 6.07) is 7.87. The zero-order valence-electron chi connectivity index (χ0n) is 8.87. The second-order valence-electron chi connectivity index (χ2n) is 4.07. The predicted octanol–water partition coefficient (Wildman–Crippen LogP) is 1.95. The first-order chi connectivity index (χ1) is 7.34. The number of nitrogens with one attached hydrogen (secondary N) is 2. The van der Waals surface area contributed by atoms with Crippen LogP contribution in [0.5, 0.6) is 5.75 Å². The Bertz CT molecular complexity index is 306. The molecule has 1 unspecified atom stereocenters. The van der Waals surface area contributed by atoms with Crippen LogP contribution in [0.2, 0.25) is 0 Å². The van der Waals surface area contributed by atoms with Crippen LogP contribution in [0.3, 0.4) is 0 Å². The number of phenols is 1. The van der Waals surface area contributed by atoms with Crippen LogP contribution in [-0.4, -0.2) is 24.2 Å². The van der Waals surface area contributed by atoms with E-state index in [1.807, 2.05) is 12.1 Å². The summed E-state index contributed by atoms with van der Waals surface area (Å²) in [5.74, 6) is 0.326. The first-order valence-corrected chi connectivity index (χ1v) is 5.61. The first kappa shape index (κ1) is 10.3. The van der Waals surface area contributed by atoms with E-state index in [9.17, 15) is 5.11 Å². The van der Waals surface area contributed by atoms with E-state index >= 15 is 0 Å². The fraction of sp³-hybridized carbons (Fsp3) is 0.500. The highest BCUT2D eigenvalue weighted by atomic mass is 16.3. The Hall–Kier alpha value is -1.22. The monoisotopic (exact) mass is 206 g/mol. The van der Waals surface area contributed by atoms with Crippen LogP contribution in [0.1, 0.15) is 19.3 Å². The van der Waals surface area contributed by atoms with Gasteiger partial charge >= 0.3 is 0 Å². The van der Waals surface area contributed by atoms with Gasteiger partial charge < -0.3 is 15.7 Å². The smallest absolute Gasteiger partial charge is 0.117 e. The topological polar surface area (TPSA) is 44.3 Å². The fourth-order valence-corrected chi connectivity index (χ4v) is 1.99. The van der Waals surface area contributed by atoms with Crippen LogP contribution in [0, 0.1) is 0 Å². The van der Waals surface area contributed by atoms with Crippen molar-refractivity contribution in [1.29, 1.82) is 0 Å². The van der Waals surface area contributed by atoms with Crippen LogP contribution >= 0.6 is 0 Å². The normalized spacial score (nSPS) is 22.0. The molecule has 3 nitrogen and oxygen atoms in total. The molecule has 3 heteroatoms. The number of aromatic hydroxyl groups is 1. The zero-order chi connectivity index (χ0) is 10.5. The summed E-state index contributed by atoms with van der Waals surface area (Å²) in [7, 11) is 0. The third-order valence-electron chi connectivity index (χ3n) is 2.79. The van der Waals surface area contributed by atoms with Gasteiger partial charge in [-0.2, -0.15) is 0 Å². The fourth-order valence-electron chi connectivity index (χ4n) is 1.99. The molecular weight excluding hydrogens is 188 g/mol. The molecule has 1 aromatic rings. The second kappa shape index (κ2) is 5.03. The summed E-state index contributed by atoms with van der Waals surface area (Å²) >= 11 is 0. The standard InChI is InChI=1S/C12H18N2O/c15-12-5-1-3-11(9-12)14-10-4-2-7-13-8-6-10/h1,3,5,9-10,13-15H,2,4,6-8H2. The van der Waals surface area contributed by atoms with E-state index < -0.39 is 0 Å². The Morgan fingerprint density at radius 1 is 1.27 bits per heavy atom. The minimum Gasteiger partial charge on any atom is -0.508 e. The molecule has 0 aromatic heterocycles. The van der Waals surface area contributed by atoms with E-state index in [-0.39, 0.29) is 0 Å². The highest BCUT2D eigenvalue weighted by molar-refractivity contribution is 5.48. The lowest BCUT2D eigenvalue weighted by Crippen LogP contribution is -2.21. The third-order valence-corrected chi connectivity index (χ3v) is 2.79. The van der Waals surface area contributed by atoms with E-state index in [1.54, 1.807) is 12.1 Å². The Labute approximate surface area is 90.5 Å². The molecule has 1 aliphatic rings. The molecule has 0 spiro atoms. The molecule has 0 bridgehead atoms. The van der Waals surface area contributed by atoms with Gasteiger partial charge in [0.05, 0.1) is 0 Å². The van der Waals surface area contributed by atoms with Crippen molar-refractivity contribution in [2.45, 2.75) is 25.3 Å². The molecule has 82 valence electrons. The van der Waals surface area contributed by atoms with E-state index in [1.165, 1.54) is 12.8 Å². The predicted molar refractivity (Wildman–Crippen MR) is 62.2 cm³/mol. The summed E-state index contributed by atoms with van der Waals surface area (Å²) in [5.41, 5.74) is 1.02. The van der Waals surface area contributed by atoms with Gasteiger partial charge in [-0.05, 0) is 44.5 Å². The lowest BCUT2D eigenvalue weighted by atomic mass is 10.1. The van der Waals surface area contributed by atoms with Crippen molar-refractivity contribution in [1.82, 2.24) is 5.32 Å². The molecule has 3 N–H and O–H groups in total. The molecule has 15 heavy (non-hydrogen) atoms. The lowest BCUT2D eigenvalue weighted by Gasteiger charge is -2.17. The van der Waals surface area contributed by atoms with Crippen molar-refractivity contribution >= 4 is 5.69 Å². The molecule has 0 saturated carbocycles. The molecule has 1 fully saturated rings. The molecule has 2 rings (SSSR count). The van der Waals surface area contributed by atoms with Gasteiger partial charge in [-0.15, -0.1) is 0 Å². The average molecular weight is 206 g/mol. The lowest BCUT2D eigenvalue weighted by molar-refractivity contribution is 0.475. The van der Waals surface area contributed by atoms with Crippen molar-refractivity contribution in [2.75, 3.05) is 18.4 Å². The maximum Gasteiger partial charge on any atom is 0.117 e. The Morgan fingerprint density at radius 3 is 3.07 bits per heavy atom. The van der Waals surface area contributed by atoms with Gasteiger partial charge in [-0.1, -0.05) is 6.07 Å².